The topological polar surface area (TPSA) is 65.4 Å². The molecule has 112 valence electrons. The van der Waals surface area contributed by atoms with Crippen LogP contribution in [-0.4, -0.2) is 52.8 Å². The minimum Gasteiger partial charge on any atom is -0.393 e. The average molecular weight is 300 g/mol. The molecule has 0 saturated carbocycles. The first kappa shape index (κ1) is 15.3. The lowest BCUT2D eigenvalue weighted by Crippen LogP contribution is -2.32. The van der Waals surface area contributed by atoms with Gasteiger partial charge in [0.15, 0.2) is 0 Å². The number of aliphatic hydroxyl groups is 1. The molecule has 1 aromatic rings. The highest BCUT2D eigenvalue weighted by Gasteiger charge is 2.17. The fraction of sp³-hybridized carbons (Fsp3) is 0.769. The zero-order valence-electron chi connectivity index (χ0n) is 12.1. The summed E-state index contributed by atoms with van der Waals surface area (Å²) in [5.41, 5.74) is 0. The molecule has 0 aliphatic carbocycles. The third-order valence-corrected chi connectivity index (χ3v) is 3.62. The Morgan fingerprint density at radius 3 is 2.60 bits per heavy atom. The molecule has 0 bridgehead atoms. The van der Waals surface area contributed by atoms with E-state index in [1.54, 1.807) is 6.92 Å². The predicted octanol–water partition coefficient (Wildman–Crippen LogP) is 1.72. The summed E-state index contributed by atoms with van der Waals surface area (Å²) in [4.78, 5) is 16.9. The van der Waals surface area contributed by atoms with Crippen LogP contribution in [0.4, 0.5) is 11.9 Å². The van der Waals surface area contributed by atoms with Crippen LogP contribution < -0.4 is 9.80 Å². The van der Waals surface area contributed by atoms with Crippen LogP contribution in [0.1, 0.15) is 32.6 Å². The molecule has 1 unspecified atom stereocenters. The van der Waals surface area contributed by atoms with E-state index in [0.717, 1.165) is 25.9 Å². The second-order valence-electron chi connectivity index (χ2n) is 5.31. The Hall–Kier alpha value is -1.14. The van der Waals surface area contributed by atoms with E-state index in [9.17, 15) is 5.11 Å². The standard InChI is InChI=1S/C13H22ClN5O/c1-10(20)6-9-18(2)12-15-11(14)16-13(17-12)19-7-4-3-5-8-19/h10,20H,3-9H2,1-2H3. The SMILES string of the molecule is CC(O)CCN(C)c1nc(Cl)nc(N2CCCCC2)n1. The third kappa shape index (κ3) is 4.18. The van der Waals surface area contributed by atoms with Crippen LogP contribution in [0.3, 0.4) is 0 Å². The Labute approximate surface area is 124 Å². The van der Waals surface area contributed by atoms with Crippen LogP contribution >= 0.6 is 11.6 Å². The number of nitrogens with zero attached hydrogens (tertiary/aromatic N) is 5. The lowest BCUT2D eigenvalue weighted by Gasteiger charge is -2.27. The molecular formula is C13H22ClN5O. The third-order valence-electron chi connectivity index (χ3n) is 3.45. The molecule has 7 heteroatoms. The fourth-order valence-electron chi connectivity index (χ4n) is 2.22. The molecule has 1 fully saturated rings. The monoisotopic (exact) mass is 299 g/mol. The molecule has 0 spiro atoms. The van der Waals surface area contributed by atoms with Gasteiger partial charge in [0.05, 0.1) is 6.10 Å². The lowest BCUT2D eigenvalue weighted by molar-refractivity contribution is 0.186. The molecule has 0 amide bonds. The zero-order chi connectivity index (χ0) is 14.5. The number of aromatic nitrogens is 3. The van der Waals surface area contributed by atoms with E-state index in [-0.39, 0.29) is 11.4 Å². The maximum Gasteiger partial charge on any atom is 0.231 e. The van der Waals surface area contributed by atoms with Crippen LogP contribution in [0, 0.1) is 0 Å². The maximum absolute atomic E-state index is 9.35. The molecule has 1 aliphatic rings. The Morgan fingerprint density at radius 2 is 1.95 bits per heavy atom. The van der Waals surface area contributed by atoms with E-state index in [1.165, 1.54) is 6.42 Å². The largest absolute Gasteiger partial charge is 0.393 e. The normalized spacial score (nSPS) is 17.1. The summed E-state index contributed by atoms with van der Waals surface area (Å²) in [6.45, 7) is 4.39. The molecular weight excluding hydrogens is 278 g/mol. The van der Waals surface area contributed by atoms with Crippen LogP contribution in [0.15, 0.2) is 0 Å². The van der Waals surface area contributed by atoms with Crippen molar-refractivity contribution in [2.45, 2.75) is 38.7 Å². The van der Waals surface area contributed by atoms with Gasteiger partial charge in [0.2, 0.25) is 17.2 Å². The van der Waals surface area contributed by atoms with Gasteiger partial charge in [0.25, 0.3) is 0 Å². The van der Waals surface area contributed by atoms with Gasteiger partial charge >= 0.3 is 0 Å². The van der Waals surface area contributed by atoms with E-state index in [1.807, 2.05) is 11.9 Å². The molecule has 1 N–H and O–H groups in total. The summed E-state index contributed by atoms with van der Waals surface area (Å²) >= 11 is 6.01. The van der Waals surface area contributed by atoms with Gasteiger partial charge in [-0.05, 0) is 44.2 Å². The Balaban J connectivity index is 2.10. The summed E-state index contributed by atoms with van der Waals surface area (Å²) in [7, 11) is 1.90. The maximum atomic E-state index is 9.35. The average Bonchev–Trinajstić information content (AvgIpc) is 2.45. The van der Waals surface area contributed by atoms with Gasteiger partial charge in [-0.3, -0.25) is 0 Å². The lowest BCUT2D eigenvalue weighted by atomic mass is 10.1. The van der Waals surface area contributed by atoms with E-state index in [0.29, 0.717) is 24.9 Å². The fourth-order valence-corrected chi connectivity index (χ4v) is 2.37. The van der Waals surface area contributed by atoms with Gasteiger partial charge in [-0.2, -0.15) is 15.0 Å². The van der Waals surface area contributed by atoms with Crippen molar-refractivity contribution < 1.29 is 5.11 Å². The van der Waals surface area contributed by atoms with Gasteiger partial charge in [0.1, 0.15) is 0 Å². The first-order valence-corrected chi connectivity index (χ1v) is 7.50. The number of piperidine rings is 1. The molecule has 20 heavy (non-hydrogen) atoms. The Morgan fingerprint density at radius 1 is 1.25 bits per heavy atom. The molecule has 1 atom stereocenters. The highest BCUT2D eigenvalue weighted by atomic mass is 35.5. The van der Waals surface area contributed by atoms with Gasteiger partial charge in [-0.25, -0.2) is 0 Å². The minimum absolute atomic E-state index is 0.222. The summed E-state index contributed by atoms with van der Waals surface area (Å²) in [6.07, 6.45) is 3.92. The van der Waals surface area contributed by atoms with Crippen LogP contribution in [0.5, 0.6) is 0 Å². The Bertz CT molecular complexity index is 437. The smallest absolute Gasteiger partial charge is 0.231 e. The van der Waals surface area contributed by atoms with Gasteiger partial charge in [-0.1, -0.05) is 0 Å². The van der Waals surface area contributed by atoms with Crippen LogP contribution in [0.25, 0.3) is 0 Å². The van der Waals surface area contributed by atoms with Crippen molar-refractivity contribution >= 4 is 23.5 Å². The van der Waals surface area contributed by atoms with Crippen molar-refractivity contribution in [3.63, 3.8) is 0 Å². The molecule has 1 saturated heterocycles. The van der Waals surface area contributed by atoms with Crippen LogP contribution in [0.2, 0.25) is 5.28 Å². The number of aliphatic hydroxyl groups excluding tert-OH is 1. The number of hydrogen-bond donors (Lipinski definition) is 1. The van der Waals surface area contributed by atoms with Crippen molar-refractivity contribution in [2.24, 2.45) is 0 Å². The molecule has 6 nitrogen and oxygen atoms in total. The van der Waals surface area contributed by atoms with Crippen molar-refractivity contribution in [1.82, 2.24) is 15.0 Å². The van der Waals surface area contributed by atoms with E-state index in [4.69, 9.17) is 11.6 Å². The molecule has 0 radical (unpaired) electrons. The number of halogens is 1. The summed E-state index contributed by atoms with van der Waals surface area (Å²) in [6, 6.07) is 0. The molecule has 1 aromatic heterocycles. The zero-order valence-corrected chi connectivity index (χ0v) is 12.8. The van der Waals surface area contributed by atoms with E-state index < -0.39 is 0 Å². The second-order valence-corrected chi connectivity index (χ2v) is 5.65. The first-order chi connectivity index (χ1) is 9.56. The second kappa shape index (κ2) is 7.04. The van der Waals surface area contributed by atoms with Gasteiger partial charge in [0, 0.05) is 26.7 Å². The van der Waals surface area contributed by atoms with Crippen molar-refractivity contribution in [1.29, 1.82) is 0 Å². The minimum atomic E-state index is -0.337. The summed E-state index contributed by atoms with van der Waals surface area (Å²) in [5.74, 6) is 1.22. The summed E-state index contributed by atoms with van der Waals surface area (Å²) < 4.78 is 0. The molecule has 1 aliphatic heterocycles. The predicted molar refractivity (Wildman–Crippen MR) is 80.5 cm³/mol. The highest BCUT2D eigenvalue weighted by Crippen LogP contribution is 2.19. The van der Waals surface area contributed by atoms with E-state index in [2.05, 4.69) is 19.9 Å². The van der Waals surface area contributed by atoms with Gasteiger partial charge < -0.3 is 14.9 Å². The van der Waals surface area contributed by atoms with Crippen molar-refractivity contribution in [3.05, 3.63) is 5.28 Å². The Kier molecular flexibility index (Phi) is 5.37. The molecule has 0 aromatic carbocycles. The number of hydrogen-bond acceptors (Lipinski definition) is 6. The van der Waals surface area contributed by atoms with Crippen LogP contribution in [-0.2, 0) is 0 Å². The van der Waals surface area contributed by atoms with Crippen molar-refractivity contribution in [2.75, 3.05) is 36.5 Å². The molecule has 2 heterocycles. The molecule has 2 rings (SSSR count). The number of anilines is 2. The first-order valence-electron chi connectivity index (χ1n) is 7.12. The van der Waals surface area contributed by atoms with Gasteiger partial charge in [-0.15, -0.1) is 0 Å². The van der Waals surface area contributed by atoms with Crippen molar-refractivity contribution in [3.8, 4) is 0 Å². The van der Waals surface area contributed by atoms with E-state index >= 15 is 0 Å². The number of rotatable bonds is 5. The highest BCUT2D eigenvalue weighted by molar-refractivity contribution is 6.28. The quantitative estimate of drug-likeness (QED) is 0.893. The summed E-state index contributed by atoms with van der Waals surface area (Å²) in [5, 5.41) is 9.57.